The lowest BCUT2D eigenvalue weighted by Gasteiger charge is -2.17. The lowest BCUT2D eigenvalue weighted by Crippen LogP contribution is -2.32. The molecule has 39 heavy (non-hydrogen) atoms. The monoisotopic (exact) mass is 523 g/mol. The maximum absolute atomic E-state index is 12.9. The van der Waals surface area contributed by atoms with E-state index in [1.54, 1.807) is 31.2 Å². The Labute approximate surface area is 228 Å². The summed E-state index contributed by atoms with van der Waals surface area (Å²) in [5.41, 5.74) is 7.20. The topological polar surface area (TPSA) is 121 Å². The summed E-state index contributed by atoms with van der Waals surface area (Å²) in [7, 11) is 0. The maximum Gasteiger partial charge on any atom is 0.246 e. The first-order chi connectivity index (χ1) is 18.6. The molecule has 0 saturated carbocycles. The van der Waals surface area contributed by atoms with Gasteiger partial charge < -0.3 is 21.3 Å². The van der Waals surface area contributed by atoms with Crippen LogP contribution in [0.15, 0.2) is 60.7 Å². The van der Waals surface area contributed by atoms with E-state index in [1.807, 2.05) is 52.0 Å². The van der Waals surface area contributed by atoms with Crippen LogP contribution in [0.2, 0.25) is 0 Å². The summed E-state index contributed by atoms with van der Waals surface area (Å²) in [6.07, 6.45) is 0. The minimum atomic E-state index is -0.684. The summed E-state index contributed by atoms with van der Waals surface area (Å²) < 4.78 is 0. The number of nitrogens with one attached hydrogen (secondary N) is 4. The highest BCUT2D eigenvalue weighted by Crippen LogP contribution is 2.24. The number of hydrogen-bond acceptors (Lipinski definition) is 8. The molecule has 1 amide bonds. The number of rotatable bonds is 9. The SMILES string of the molecule is CC(=O)c1cccc(NC(=O)[C@H](C)Nc2nc(Nc3ccc(C)cc3C)nc(Nc3ccc(C)cc3C)n2)c1. The number of carbonyl (C=O) groups is 2. The second-order valence-electron chi connectivity index (χ2n) is 9.69. The zero-order valence-corrected chi connectivity index (χ0v) is 23.0. The van der Waals surface area contributed by atoms with Crippen molar-refractivity contribution in [1.82, 2.24) is 15.0 Å². The molecular weight excluding hydrogens is 490 g/mol. The van der Waals surface area contributed by atoms with Crippen LogP contribution in [-0.2, 0) is 4.79 Å². The number of benzene rings is 3. The largest absolute Gasteiger partial charge is 0.342 e. The average molecular weight is 524 g/mol. The highest BCUT2D eigenvalue weighted by molar-refractivity contribution is 5.99. The Balaban J connectivity index is 1.59. The molecule has 4 N–H and O–H groups in total. The molecule has 9 heteroatoms. The van der Waals surface area contributed by atoms with E-state index < -0.39 is 6.04 Å². The molecule has 0 radical (unpaired) electrons. The number of ketones is 1. The van der Waals surface area contributed by atoms with Crippen molar-refractivity contribution in [2.75, 3.05) is 21.3 Å². The zero-order valence-electron chi connectivity index (χ0n) is 23.0. The zero-order chi connectivity index (χ0) is 28.1. The van der Waals surface area contributed by atoms with Crippen molar-refractivity contribution in [3.8, 4) is 0 Å². The second-order valence-corrected chi connectivity index (χ2v) is 9.69. The van der Waals surface area contributed by atoms with Gasteiger partial charge in [0.2, 0.25) is 23.8 Å². The average Bonchev–Trinajstić information content (AvgIpc) is 2.87. The Hall–Kier alpha value is -4.79. The molecule has 1 atom stereocenters. The summed E-state index contributed by atoms with van der Waals surface area (Å²) in [6, 6.07) is 18.3. The highest BCUT2D eigenvalue weighted by Gasteiger charge is 2.17. The molecule has 200 valence electrons. The van der Waals surface area contributed by atoms with Crippen molar-refractivity contribution < 1.29 is 9.59 Å². The van der Waals surface area contributed by atoms with Crippen molar-refractivity contribution in [3.63, 3.8) is 0 Å². The summed E-state index contributed by atoms with van der Waals surface area (Å²) in [4.78, 5) is 38.3. The Bertz CT molecular complexity index is 1460. The van der Waals surface area contributed by atoms with Crippen molar-refractivity contribution in [1.29, 1.82) is 0 Å². The van der Waals surface area contributed by atoms with Crippen LogP contribution in [0.25, 0.3) is 0 Å². The predicted molar refractivity (Wildman–Crippen MR) is 156 cm³/mol. The van der Waals surface area contributed by atoms with Crippen LogP contribution in [0.3, 0.4) is 0 Å². The summed E-state index contributed by atoms with van der Waals surface area (Å²) in [6.45, 7) is 11.3. The lowest BCUT2D eigenvalue weighted by molar-refractivity contribution is -0.116. The van der Waals surface area contributed by atoms with Gasteiger partial charge in [-0.15, -0.1) is 0 Å². The van der Waals surface area contributed by atoms with Crippen molar-refractivity contribution in [2.45, 2.75) is 47.6 Å². The fourth-order valence-electron chi connectivity index (χ4n) is 4.03. The normalized spacial score (nSPS) is 11.4. The maximum atomic E-state index is 12.9. The molecular formula is C30H33N7O2. The molecule has 4 aromatic rings. The molecule has 0 unspecified atom stereocenters. The van der Waals surface area contributed by atoms with Crippen LogP contribution in [-0.4, -0.2) is 32.7 Å². The Morgan fingerprint density at radius 3 is 1.77 bits per heavy atom. The molecule has 9 nitrogen and oxygen atoms in total. The van der Waals surface area contributed by atoms with Gasteiger partial charge in [-0.1, -0.05) is 47.5 Å². The van der Waals surface area contributed by atoms with Crippen molar-refractivity contribution in [3.05, 3.63) is 88.5 Å². The van der Waals surface area contributed by atoms with Gasteiger partial charge in [-0.3, -0.25) is 9.59 Å². The number of Topliss-reactive ketones (excluding diaryl/α,β-unsaturated/α-hetero) is 1. The molecule has 4 rings (SSSR count). The van der Waals surface area contributed by atoms with E-state index >= 15 is 0 Å². The molecule has 0 aliphatic carbocycles. The fraction of sp³-hybridized carbons (Fsp3) is 0.233. The first kappa shape index (κ1) is 27.3. The number of carbonyl (C=O) groups excluding carboxylic acids is 2. The summed E-state index contributed by atoms with van der Waals surface area (Å²) in [5.74, 6) is 0.505. The van der Waals surface area contributed by atoms with Crippen molar-refractivity contribution in [2.24, 2.45) is 0 Å². The quantitative estimate of drug-likeness (QED) is 0.190. The summed E-state index contributed by atoms with van der Waals surface area (Å²) >= 11 is 0. The first-order valence-corrected chi connectivity index (χ1v) is 12.7. The van der Waals surface area contributed by atoms with E-state index in [4.69, 9.17) is 0 Å². The van der Waals surface area contributed by atoms with E-state index in [2.05, 4.69) is 48.4 Å². The molecule has 1 heterocycles. The number of aromatic nitrogens is 3. The minimum Gasteiger partial charge on any atom is -0.342 e. The first-order valence-electron chi connectivity index (χ1n) is 12.7. The molecule has 0 bridgehead atoms. The summed E-state index contributed by atoms with van der Waals surface area (Å²) in [5, 5.41) is 12.5. The van der Waals surface area contributed by atoms with Gasteiger partial charge in [0.25, 0.3) is 0 Å². The fourth-order valence-corrected chi connectivity index (χ4v) is 4.03. The molecule has 0 fully saturated rings. The lowest BCUT2D eigenvalue weighted by atomic mass is 10.1. The minimum absolute atomic E-state index is 0.0739. The second kappa shape index (κ2) is 11.7. The van der Waals surface area contributed by atoms with Crippen LogP contribution in [0, 0.1) is 27.7 Å². The van der Waals surface area contributed by atoms with E-state index in [1.165, 1.54) is 6.92 Å². The molecule has 0 aliphatic rings. The van der Waals surface area contributed by atoms with E-state index in [0.29, 0.717) is 23.1 Å². The van der Waals surface area contributed by atoms with E-state index in [-0.39, 0.29) is 17.6 Å². The number of hydrogen-bond donors (Lipinski definition) is 4. The Morgan fingerprint density at radius 2 is 1.26 bits per heavy atom. The third-order valence-corrected chi connectivity index (χ3v) is 6.17. The van der Waals surface area contributed by atoms with E-state index in [0.717, 1.165) is 33.6 Å². The number of aryl methyl sites for hydroxylation is 4. The highest BCUT2D eigenvalue weighted by atomic mass is 16.2. The standard InChI is InChI=1S/C30H33N7O2/c1-17-10-12-25(19(3)14-17)33-29-35-28(36-30(37-29)34-26-13-11-18(2)15-20(26)4)31-21(5)27(39)32-24-9-7-8-23(16-24)22(6)38/h7-16,21H,1-6H3,(H,32,39)(H3,31,33,34,35,36,37)/t21-/m0/s1. The van der Waals surface area contributed by atoms with Gasteiger partial charge in [0.15, 0.2) is 5.78 Å². The van der Waals surface area contributed by atoms with Crippen LogP contribution < -0.4 is 21.3 Å². The number of amides is 1. The van der Waals surface area contributed by atoms with Gasteiger partial charge in [-0.25, -0.2) is 0 Å². The third kappa shape index (κ3) is 7.16. The number of nitrogens with zero attached hydrogens (tertiary/aromatic N) is 3. The Kier molecular flexibility index (Phi) is 8.19. The van der Waals surface area contributed by atoms with Crippen LogP contribution in [0.5, 0.6) is 0 Å². The van der Waals surface area contributed by atoms with Gasteiger partial charge in [-0.2, -0.15) is 15.0 Å². The number of anilines is 6. The third-order valence-electron chi connectivity index (χ3n) is 6.17. The Morgan fingerprint density at radius 1 is 0.718 bits per heavy atom. The molecule has 3 aromatic carbocycles. The smallest absolute Gasteiger partial charge is 0.246 e. The van der Waals surface area contributed by atoms with Crippen LogP contribution in [0.4, 0.5) is 34.9 Å². The van der Waals surface area contributed by atoms with Crippen LogP contribution in [0.1, 0.15) is 46.5 Å². The molecule has 0 aliphatic heterocycles. The van der Waals surface area contributed by atoms with Gasteiger partial charge >= 0.3 is 0 Å². The van der Waals surface area contributed by atoms with Gasteiger partial charge in [-0.05, 0) is 76.9 Å². The van der Waals surface area contributed by atoms with Crippen molar-refractivity contribution >= 4 is 46.6 Å². The van der Waals surface area contributed by atoms with Crippen LogP contribution >= 0.6 is 0 Å². The predicted octanol–water partition coefficient (Wildman–Crippen LogP) is 6.23. The molecule has 1 aromatic heterocycles. The van der Waals surface area contributed by atoms with E-state index in [9.17, 15) is 9.59 Å². The van der Waals surface area contributed by atoms with Gasteiger partial charge in [0.1, 0.15) is 6.04 Å². The van der Waals surface area contributed by atoms with Gasteiger partial charge in [0, 0.05) is 22.6 Å². The van der Waals surface area contributed by atoms with Gasteiger partial charge in [0.05, 0.1) is 0 Å². The molecule has 0 saturated heterocycles. The molecule has 0 spiro atoms.